The summed E-state index contributed by atoms with van der Waals surface area (Å²) in [7, 11) is 6.74. The number of aromatic amines is 1. The quantitative estimate of drug-likeness (QED) is 0.0506. The number of aliphatic hydroxyl groups excluding tert-OH is 1. The van der Waals surface area contributed by atoms with Gasteiger partial charge in [-0.3, -0.25) is 19.4 Å². The molecule has 3 heterocycles. The smallest absolute Gasteiger partial charge is 0.302 e. The molecule has 308 valence electrons. The van der Waals surface area contributed by atoms with E-state index in [1.54, 1.807) is 33.2 Å². The summed E-state index contributed by atoms with van der Waals surface area (Å²) in [4.78, 5) is 50.0. The number of aliphatic hydroxyl groups is 1. The molecule has 1 aliphatic heterocycles. The lowest BCUT2D eigenvalue weighted by atomic mass is 9.80. The number of ether oxygens (including phenoxy) is 6. The largest absolute Gasteiger partial charge is 0.497 e. The Morgan fingerprint density at radius 2 is 1.54 bits per heavy atom. The minimum Gasteiger partial charge on any atom is -0.497 e. The molecule has 1 fully saturated rings. The molecular formula is C43H46N6O10. The highest BCUT2D eigenvalue weighted by Crippen LogP contribution is 2.43. The molecule has 2 aromatic heterocycles. The monoisotopic (exact) mass is 806 g/mol. The number of nitrogens with one attached hydrogen (secondary N) is 1. The van der Waals surface area contributed by atoms with Gasteiger partial charge in [0.2, 0.25) is 5.95 Å². The lowest BCUT2D eigenvalue weighted by molar-refractivity contribution is -0.144. The van der Waals surface area contributed by atoms with Crippen LogP contribution in [0.4, 0.5) is 5.95 Å². The zero-order valence-electron chi connectivity index (χ0n) is 33.6. The fourth-order valence-electron chi connectivity index (χ4n) is 6.59. The number of hydrogen-bond donors (Lipinski definition) is 2. The average Bonchev–Trinajstić information content (AvgIpc) is 3.80. The van der Waals surface area contributed by atoms with Crippen molar-refractivity contribution in [2.75, 3.05) is 48.1 Å². The number of rotatable bonds is 15. The molecule has 0 amide bonds. The third-order valence-electron chi connectivity index (χ3n) is 9.45. The average molecular weight is 807 g/mol. The van der Waals surface area contributed by atoms with E-state index >= 15 is 0 Å². The van der Waals surface area contributed by atoms with Crippen molar-refractivity contribution in [1.82, 2.24) is 24.6 Å². The van der Waals surface area contributed by atoms with Gasteiger partial charge in [-0.1, -0.05) is 60.5 Å². The SMILES string of the molecule is COc1ccc(C(OC[C@H]2O[C@@H](n3nc(C#CC(COC(C)=O)COC(C)=O)c4c(=O)[nH]c(/N=C/N(C)C)nc43)CC2O)(c2ccccc2)c2ccc(OC)cc2)cc1. The van der Waals surface area contributed by atoms with Gasteiger partial charge in [-0.25, -0.2) is 9.67 Å². The van der Waals surface area contributed by atoms with Gasteiger partial charge >= 0.3 is 11.9 Å². The predicted octanol–water partition coefficient (Wildman–Crippen LogP) is 4.11. The van der Waals surface area contributed by atoms with Gasteiger partial charge in [-0.2, -0.15) is 10.1 Å². The molecule has 0 aliphatic carbocycles. The van der Waals surface area contributed by atoms with E-state index in [9.17, 15) is 19.5 Å². The molecule has 16 nitrogen and oxygen atoms in total. The second-order valence-corrected chi connectivity index (χ2v) is 13.9. The number of H-pyrrole nitrogens is 1. The van der Waals surface area contributed by atoms with Crippen molar-refractivity contribution in [1.29, 1.82) is 0 Å². The third-order valence-corrected chi connectivity index (χ3v) is 9.45. The highest BCUT2D eigenvalue weighted by atomic mass is 16.6. The molecule has 6 rings (SSSR count). The summed E-state index contributed by atoms with van der Waals surface area (Å²) in [6.07, 6.45) is -1.26. The van der Waals surface area contributed by atoms with Crippen LogP contribution in [0.15, 0.2) is 88.6 Å². The number of esters is 2. The summed E-state index contributed by atoms with van der Waals surface area (Å²) in [5, 5.41) is 16.3. The first-order chi connectivity index (χ1) is 28.4. The predicted molar refractivity (Wildman–Crippen MR) is 216 cm³/mol. The molecule has 0 saturated carbocycles. The molecule has 1 saturated heterocycles. The maximum atomic E-state index is 13.6. The van der Waals surface area contributed by atoms with Gasteiger partial charge in [0.25, 0.3) is 5.56 Å². The summed E-state index contributed by atoms with van der Waals surface area (Å²) >= 11 is 0. The van der Waals surface area contributed by atoms with Crippen molar-refractivity contribution in [3.8, 4) is 23.3 Å². The summed E-state index contributed by atoms with van der Waals surface area (Å²) in [5.41, 5.74) is 0.825. The normalized spacial score (nSPS) is 16.5. The van der Waals surface area contributed by atoms with Crippen LogP contribution in [-0.2, 0) is 34.1 Å². The Morgan fingerprint density at radius 3 is 2.08 bits per heavy atom. The highest BCUT2D eigenvalue weighted by molar-refractivity contribution is 5.81. The van der Waals surface area contributed by atoms with Crippen LogP contribution in [0.3, 0.4) is 0 Å². The van der Waals surface area contributed by atoms with Crippen molar-refractivity contribution in [2.45, 2.75) is 44.3 Å². The van der Waals surface area contributed by atoms with E-state index in [1.807, 2.05) is 78.9 Å². The molecule has 2 N–H and O–H groups in total. The fourth-order valence-corrected chi connectivity index (χ4v) is 6.59. The van der Waals surface area contributed by atoms with Crippen LogP contribution in [0.5, 0.6) is 11.5 Å². The van der Waals surface area contributed by atoms with E-state index in [2.05, 4.69) is 31.9 Å². The van der Waals surface area contributed by atoms with E-state index < -0.39 is 47.5 Å². The van der Waals surface area contributed by atoms with Gasteiger partial charge in [0, 0.05) is 34.4 Å². The number of carbonyl (C=O) groups excluding carboxylic acids is 2. The summed E-state index contributed by atoms with van der Waals surface area (Å²) < 4.78 is 36.1. The molecule has 5 aromatic rings. The van der Waals surface area contributed by atoms with Gasteiger partial charge < -0.3 is 38.4 Å². The maximum absolute atomic E-state index is 13.6. The van der Waals surface area contributed by atoms with Crippen LogP contribution in [0.2, 0.25) is 0 Å². The van der Waals surface area contributed by atoms with Gasteiger partial charge in [-0.15, -0.1) is 0 Å². The highest BCUT2D eigenvalue weighted by Gasteiger charge is 2.42. The van der Waals surface area contributed by atoms with E-state index in [0.717, 1.165) is 16.7 Å². The first-order valence-corrected chi connectivity index (χ1v) is 18.7. The van der Waals surface area contributed by atoms with Gasteiger partial charge in [0.05, 0.1) is 39.2 Å². The Bertz CT molecular complexity index is 2320. The second kappa shape index (κ2) is 18.8. The number of methoxy groups -OCH3 is 2. The Labute approximate surface area is 340 Å². The molecule has 59 heavy (non-hydrogen) atoms. The zero-order chi connectivity index (χ0) is 42.1. The Morgan fingerprint density at radius 1 is 0.966 bits per heavy atom. The van der Waals surface area contributed by atoms with Crippen LogP contribution in [-0.4, -0.2) is 108 Å². The second-order valence-electron chi connectivity index (χ2n) is 13.9. The van der Waals surface area contributed by atoms with E-state index in [4.69, 9.17) is 28.4 Å². The number of aliphatic imine (C=N–C) groups is 1. The van der Waals surface area contributed by atoms with Crippen molar-refractivity contribution in [2.24, 2.45) is 10.9 Å². The minimum atomic E-state index is -1.18. The van der Waals surface area contributed by atoms with Crippen LogP contribution < -0.4 is 15.0 Å². The molecule has 3 aromatic carbocycles. The Kier molecular flexibility index (Phi) is 13.4. The lowest BCUT2D eigenvalue weighted by Gasteiger charge is -2.37. The van der Waals surface area contributed by atoms with Crippen molar-refractivity contribution in [3.63, 3.8) is 0 Å². The lowest BCUT2D eigenvalue weighted by Crippen LogP contribution is -2.38. The minimum absolute atomic E-state index is 0.00417. The number of benzene rings is 3. The molecule has 3 atom stereocenters. The molecule has 1 aliphatic rings. The summed E-state index contributed by atoms with van der Waals surface area (Å²) in [6, 6.07) is 24.9. The number of carbonyl (C=O) groups is 2. The van der Waals surface area contributed by atoms with Crippen molar-refractivity contribution < 1.29 is 43.1 Å². The molecule has 1 unspecified atom stereocenters. The van der Waals surface area contributed by atoms with E-state index in [0.29, 0.717) is 11.5 Å². The van der Waals surface area contributed by atoms with Crippen LogP contribution >= 0.6 is 0 Å². The maximum Gasteiger partial charge on any atom is 0.302 e. The first kappa shape index (κ1) is 42.1. The van der Waals surface area contributed by atoms with Crippen LogP contribution in [0.1, 0.15) is 48.9 Å². The van der Waals surface area contributed by atoms with Crippen LogP contribution in [0.25, 0.3) is 11.0 Å². The first-order valence-electron chi connectivity index (χ1n) is 18.7. The Hall–Kier alpha value is -6.54. The van der Waals surface area contributed by atoms with E-state index in [1.165, 1.54) is 24.9 Å². The van der Waals surface area contributed by atoms with E-state index in [-0.39, 0.29) is 48.9 Å². The molecule has 0 radical (unpaired) electrons. The van der Waals surface area contributed by atoms with Gasteiger partial charge in [0.1, 0.15) is 41.8 Å². The third kappa shape index (κ3) is 9.78. The Balaban J connectivity index is 1.38. The number of fused-ring (bicyclic) bond motifs is 1. The van der Waals surface area contributed by atoms with Crippen molar-refractivity contribution >= 4 is 35.3 Å². The summed E-state index contributed by atoms with van der Waals surface area (Å²) in [5.74, 6) is 5.36. The van der Waals surface area contributed by atoms with Crippen LogP contribution in [0, 0.1) is 17.8 Å². The number of nitrogens with zero attached hydrogens (tertiary/aromatic N) is 5. The van der Waals surface area contributed by atoms with Crippen molar-refractivity contribution in [3.05, 3.63) is 112 Å². The van der Waals surface area contributed by atoms with Gasteiger partial charge in [0.15, 0.2) is 17.6 Å². The standard InChI is InChI=1S/C43H46N6O10/c1-27(50)56-23-29(24-57-28(2)51)12-21-35-39-40(45-42(46-41(39)53)44-26-48(3)4)49(47-35)38-22-36(52)37(59-38)25-58-43(30-10-8-7-9-11-30,31-13-17-33(54-5)18-14-31)32-15-19-34(55-6)20-16-32/h7-11,13-20,26,29,36-38,52H,22-25H2,1-6H3,(H,45,46,53)/b44-26+/t36?,37-,38-/m1/s1. The summed E-state index contributed by atoms with van der Waals surface area (Å²) in [6.45, 7) is 2.10. The number of hydrogen-bond acceptors (Lipinski definition) is 13. The molecule has 0 bridgehead atoms. The molecule has 16 heteroatoms. The zero-order valence-corrected chi connectivity index (χ0v) is 33.6. The molecule has 0 spiro atoms. The topological polar surface area (TPSA) is 189 Å². The fraction of sp³-hybridized carbons (Fsp3) is 0.349. The number of aromatic nitrogens is 4. The molecular weight excluding hydrogens is 761 g/mol. The van der Waals surface area contributed by atoms with Gasteiger partial charge in [-0.05, 0) is 46.9 Å².